The number of hydrogen-bond donors (Lipinski definition) is 0. The number of hydrogen-bond acceptors (Lipinski definition) is 6. The van der Waals surface area contributed by atoms with Crippen LogP contribution in [0.4, 0.5) is 11.4 Å². The lowest BCUT2D eigenvalue weighted by Gasteiger charge is -2.30. The monoisotopic (exact) mass is 370 g/mol. The maximum atomic E-state index is 12.7. The Morgan fingerprint density at radius 2 is 1.81 bits per heavy atom. The highest BCUT2D eigenvalue weighted by molar-refractivity contribution is 5.96. The largest absolute Gasteiger partial charge is 0.457 e. The van der Waals surface area contributed by atoms with Crippen molar-refractivity contribution in [3.05, 3.63) is 68.8 Å². The Balaban J connectivity index is 1.84. The molecule has 7 heteroatoms. The lowest BCUT2D eigenvalue weighted by molar-refractivity contribution is -0.384. The van der Waals surface area contributed by atoms with Gasteiger partial charge >= 0.3 is 5.97 Å². The highest BCUT2D eigenvalue weighted by atomic mass is 16.6. The van der Waals surface area contributed by atoms with Crippen molar-refractivity contribution in [2.45, 2.75) is 20.5 Å². The predicted molar refractivity (Wildman–Crippen MR) is 101 cm³/mol. The van der Waals surface area contributed by atoms with E-state index < -0.39 is 10.9 Å². The summed E-state index contributed by atoms with van der Waals surface area (Å²) in [5.41, 5.74) is 3.77. The van der Waals surface area contributed by atoms with Crippen molar-refractivity contribution >= 4 is 17.3 Å². The zero-order valence-corrected chi connectivity index (χ0v) is 15.4. The molecule has 1 aliphatic heterocycles. The molecule has 0 spiro atoms. The first-order valence-corrected chi connectivity index (χ1v) is 8.79. The summed E-state index contributed by atoms with van der Waals surface area (Å²) in [6.07, 6.45) is 0. The second kappa shape index (κ2) is 8.18. The molecule has 1 heterocycles. The summed E-state index contributed by atoms with van der Waals surface area (Å²) in [7, 11) is 0. The number of nitro benzene ring substituents is 1. The Bertz CT molecular complexity index is 839. The lowest BCUT2D eigenvalue weighted by atomic mass is 10.1. The van der Waals surface area contributed by atoms with E-state index in [0.717, 1.165) is 16.7 Å². The molecule has 0 amide bonds. The van der Waals surface area contributed by atoms with Gasteiger partial charge in [0.2, 0.25) is 0 Å². The van der Waals surface area contributed by atoms with E-state index in [4.69, 9.17) is 9.47 Å². The van der Waals surface area contributed by atoms with Crippen LogP contribution in [0.3, 0.4) is 0 Å². The third kappa shape index (κ3) is 4.62. The quantitative estimate of drug-likeness (QED) is 0.456. The van der Waals surface area contributed by atoms with Crippen molar-refractivity contribution in [3.63, 3.8) is 0 Å². The normalized spacial score (nSPS) is 14.1. The molecule has 1 aliphatic rings. The van der Waals surface area contributed by atoms with Gasteiger partial charge in [0, 0.05) is 25.2 Å². The highest BCUT2D eigenvalue weighted by Gasteiger charge is 2.23. The standard InChI is InChI=1S/C20H22N2O5/c1-14-9-15(2)11-16(10-14)13-27-20(23)18-12-17(22(24)25)3-4-19(18)21-5-7-26-8-6-21/h3-4,9-12H,5-8,13H2,1-2H3. The maximum absolute atomic E-state index is 12.7. The number of anilines is 1. The van der Waals surface area contributed by atoms with E-state index in [1.807, 2.05) is 36.9 Å². The Morgan fingerprint density at radius 1 is 1.15 bits per heavy atom. The van der Waals surface area contributed by atoms with Crippen molar-refractivity contribution in [3.8, 4) is 0 Å². The van der Waals surface area contributed by atoms with Crippen LogP contribution in [0.25, 0.3) is 0 Å². The van der Waals surface area contributed by atoms with Gasteiger partial charge in [-0.1, -0.05) is 29.3 Å². The maximum Gasteiger partial charge on any atom is 0.340 e. The minimum atomic E-state index is -0.570. The molecule has 0 atom stereocenters. The van der Waals surface area contributed by atoms with Gasteiger partial charge in [-0.3, -0.25) is 10.1 Å². The number of non-ortho nitro benzene ring substituents is 1. The molecule has 7 nitrogen and oxygen atoms in total. The van der Waals surface area contributed by atoms with Crippen molar-refractivity contribution in [2.75, 3.05) is 31.2 Å². The molecule has 2 aromatic rings. The summed E-state index contributed by atoms with van der Waals surface area (Å²) in [6.45, 7) is 6.42. The molecule has 0 N–H and O–H groups in total. The summed E-state index contributed by atoms with van der Waals surface area (Å²) >= 11 is 0. The Labute approximate surface area is 157 Å². The second-order valence-corrected chi connectivity index (χ2v) is 6.63. The lowest BCUT2D eigenvalue weighted by Crippen LogP contribution is -2.37. The molecule has 0 bridgehead atoms. The minimum Gasteiger partial charge on any atom is -0.457 e. The fraction of sp³-hybridized carbons (Fsp3) is 0.350. The van der Waals surface area contributed by atoms with Gasteiger partial charge in [-0.15, -0.1) is 0 Å². The van der Waals surface area contributed by atoms with Crippen molar-refractivity contribution in [2.24, 2.45) is 0 Å². The molecular weight excluding hydrogens is 348 g/mol. The number of benzene rings is 2. The first-order chi connectivity index (χ1) is 12.9. The van der Waals surface area contributed by atoms with Gasteiger partial charge in [-0.25, -0.2) is 4.79 Å². The Morgan fingerprint density at radius 3 is 2.44 bits per heavy atom. The topological polar surface area (TPSA) is 81.9 Å². The zero-order valence-electron chi connectivity index (χ0n) is 15.4. The predicted octanol–water partition coefficient (Wildman–Crippen LogP) is 3.41. The molecule has 0 radical (unpaired) electrons. The number of nitro groups is 1. The molecule has 0 unspecified atom stereocenters. The average molecular weight is 370 g/mol. The van der Waals surface area contributed by atoms with Crippen LogP contribution in [0.15, 0.2) is 36.4 Å². The van der Waals surface area contributed by atoms with Gasteiger partial charge in [0.15, 0.2) is 0 Å². The van der Waals surface area contributed by atoms with Crippen molar-refractivity contribution in [1.29, 1.82) is 0 Å². The van der Waals surface area contributed by atoms with Gasteiger partial charge < -0.3 is 14.4 Å². The molecule has 142 valence electrons. The van der Waals surface area contributed by atoms with Crippen LogP contribution in [-0.2, 0) is 16.1 Å². The highest BCUT2D eigenvalue weighted by Crippen LogP contribution is 2.27. The number of ether oxygens (including phenoxy) is 2. The van der Waals surface area contributed by atoms with Gasteiger partial charge in [0.25, 0.3) is 5.69 Å². The van der Waals surface area contributed by atoms with E-state index in [9.17, 15) is 14.9 Å². The Kier molecular flexibility index (Phi) is 5.71. The van der Waals surface area contributed by atoms with E-state index in [-0.39, 0.29) is 17.9 Å². The van der Waals surface area contributed by atoms with Crippen LogP contribution in [0.2, 0.25) is 0 Å². The molecule has 1 saturated heterocycles. The summed E-state index contributed by atoms with van der Waals surface area (Å²) in [4.78, 5) is 25.3. The fourth-order valence-electron chi connectivity index (χ4n) is 3.26. The third-order valence-electron chi connectivity index (χ3n) is 4.41. The van der Waals surface area contributed by atoms with E-state index in [1.165, 1.54) is 12.1 Å². The summed E-state index contributed by atoms with van der Waals surface area (Å²) in [5, 5.41) is 11.1. The fourth-order valence-corrected chi connectivity index (χ4v) is 3.26. The van der Waals surface area contributed by atoms with Crippen LogP contribution in [0.5, 0.6) is 0 Å². The van der Waals surface area contributed by atoms with Crippen LogP contribution in [0, 0.1) is 24.0 Å². The summed E-state index contributed by atoms with van der Waals surface area (Å²) in [6, 6.07) is 10.3. The minimum absolute atomic E-state index is 0.118. The summed E-state index contributed by atoms with van der Waals surface area (Å²) < 4.78 is 10.8. The molecule has 1 fully saturated rings. The molecule has 3 rings (SSSR count). The number of rotatable bonds is 5. The molecular formula is C20H22N2O5. The van der Waals surface area contributed by atoms with Crippen LogP contribution in [0.1, 0.15) is 27.0 Å². The third-order valence-corrected chi connectivity index (χ3v) is 4.41. The smallest absolute Gasteiger partial charge is 0.340 e. The van der Waals surface area contributed by atoms with Gasteiger partial charge in [-0.05, 0) is 25.5 Å². The number of morpholine rings is 1. The van der Waals surface area contributed by atoms with E-state index in [2.05, 4.69) is 0 Å². The van der Waals surface area contributed by atoms with Crippen LogP contribution in [-0.4, -0.2) is 37.2 Å². The van der Waals surface area contributed by atoms with Crippen molar-refractivity contribution < 1.29 is 19.2 Å². The van der Waals surface area contributed by atoms with E-state index in [1.54, 1.807) is 6.07 Å². The summed E-state index contributed by atoms with van der Waals surface area (Å²) in [5.74, 6) is -0.570. The molecule has 2 aromatic carbocycles. The van der Waals surface area contributed by atoms with E-state index >= 15 is 0 Å². The van der Waals surface area contributed by atoms with Gasteiger partial charge in [0.05, 0.1) is 29.4 Å². The number of carbonyl (C=O) groups is 1. The van der Waals surface area contributed by atoms with Crippen LogP contribution >= 0.6 is 0 Å². The first-order valence-electron chi connectivity index (χ1n) is 8.79. The second-order valence-electron chi connectivity index (χ2n) is 6.63. The molecule has 27 heavy (non-hydrogen) atoms. The van der Waals surface area contributed by atoms with E-state index in [0.29, 0.717) is 32.0 Å². The first kappa shape index (κ1) is 18.8. The molecule has 0 saturated carbocycles. The van der Waals surface area contributed by atoms with Gasteiger partial charge in [0.1, 0.15) is 6.61 Å². The average Bonchev–Trinajstić information content (AvgIpc) is 2.65. The SMILES string of the molecule is Cc1cc(C)cc(COC(=O)c2cc([N+](=O)[O-])ccc2N2CCOCC2)c1. The number of carbonyl (C=O) groups excluding carboxylic acids is 1. The Hall–Kier alpha value is -2.93. The molecule has 0 aromatic heterocycles. The number of esters is 1. The van der Waals surface area contributed by atoms with Crippen molar-refractivity contribution in [1.82, 2.24) is 0 Å². The van der Waals surface area contributed by atoms with Gasteiger partial charge in [-0.2, -0.15) is 0 Å². The zero-order chi connectivity index (χ0) is 19.4. The van der Waals surface area contributed by atoms with Crippen LogP contribution < -0.4 is 4.90 Å². The number of nitrogens with zero attached hydrogens (tertiary/aromatic N) is 2. The molecule has 0 aliphatic carbocycles. The number of aryl methyl sites for hydroxylation is 2.